The highest BCUT2D eigenvalue weighted by atomic mass is 32.3. The Labute approximate surface area is 377 Å². The first-order chi connectivity index (χ1) is 30.1. The monoisotopic (exact) mass is 903 g/mol. The molecule has 0 bridgehead atoms. The predicted octanol–water partition coefficient (Wildman–Crippen LogP) is 11.0. The third-order valence-corrected chi connectivity index (χ3v) is 11.7. The Morgan fingerprint density at radius 2 is 1.10 bits per heavy atom. The van der Waals surface area contributed by atoms with Crippen LogP contribution in [0, 0.1) is 0 Å². The molecule has 0 aliphatic carbocycles. The minimum atomic E-state index is -5.06. The molecule has 1 aliphatic heterocycles. The molecule has 0 aromatic rings. The fourth-order valence-corrected chi connectivity index (χ4v) is 7.98. The lowest BCUT2D eigenvalue weighted by Crippen LogP contribution is -2.60. The zero-order valence-corrected chi connectivity index (χ0v) is 39.7. The number of hydrogen-bond acceptors (Lipinski definition) is 11. The summed E-state index contributed by atoms with van der Waals surface area (Å²) in [5.41, 5.74) is 0. The first kappa shape index (κ1) is 58.3. The van der Waals surface area contributed by atoms with Crippen LogP contribution < -0.4 is 0 Å². The van der Waals surface area contributed by atoms with Crippen molar-refractivity contribution in [1.82, 2.24) is 0 Å². The summed E-state index contributed by atoms with van der Waals surface area (Å²) in [7, 11) is -5.06. The van der Waals surface area contributed by atoms with Crippen molar-refractivity contribution in [3.05, 3.63) is 36.5 Å². The molecule has 1 aliphatic rings. The average molecular weight is 903 g/mol. The molecule has 364 valence electrons. The molecule has 6 unspecified atom stereocenters. The third kappa shape index (κ3) is 33.8. The quantitative estimate of drug-likeness (QED) is 0.0197. The first-order valence-electron chi connectivity index (χ1n) is 24.7. The van der Waals surface area contributed by atoms with Gasteiger partial charge in [0.25, 0.3) is 0 Å². The van der Waals surface area contributed by atoms with Crippen LogP contribution in [0.4, 0.5) is 0 Å². The van der Waals surface area contributed by atoms with Crippen molar-refractivity contribution in [2.45, 2.75) is 243 Å². The van der Waals surface area contributed by atoms with E-state index in [1.54, 1.807) is 0 Å². The molecular weight excluding hydrogens is 813 g/mol. The van der Waals surface area contributed by atoms with E-state index in [-0.39, 0.29) is 19.6 Å². The van der Waals surface area contributed by atoms with Crippen LogP contribution in [0.15, 0.2) is 36.5 Å². The van der Waals surface area contributed by atoms with Crippen molar-refractivity contribution in [2.24, 2.45) is 0 Å². The zero-order valence-electron chi connectivity index (χ0n) is 38.9. The van der Waals surface area contributed by atoms with Gasteiger partial charge in [0.05, 0.1) is 19.8 Å². The summed E-state index contributed by atoms with van der Waals surface area (Å²) in [4.78, 5) is 12.8. The second-order valence-electron chi connectivity index (χ2n) is 17.0. The molecule has 62 heavy (non-hydrogen) atoms. The fraction of sp³-hybridized carbons (Fsp3) is 0.857. The number of carbonyl (C=O) groups excluding carboxylic acids is 1. The average Bonchev–Trinajstić information content (AvgIpc) is 3.24. The minimum absolute atomic E-state index is 0.0303. The number of allylic oxidation sites excluding steroid dienone is 6. The lowest BCUT2D eigenvalue weighted by Gasteiger charge is -2.41. The fourth-order valence-electron chi connectivity index (χ4n) is 7.47. The Bertz CT molecular complexity index is 1230. The SMILES string of the molecule is CCC/C=C\C/C=C\CCCCCCCC(=O)OC(COCCCCCCCCCCCC/C=C\CCCCCCCCCC)COC1OC(CO)C(O)C(OS(=O)(=O)O)C1O. The molecule has 1 rings (SSSR count). The maximum Gasteiger partial charge on any atom is 0.397 e. The minimum Gasteiger partial charge on any atom is -0.457 e. The zero-order chi connectivity index (χ0) is 45.4. The van der Waals surface area contributed by atoms with Crippen molar-refractivity contribution in [3.8, 4) is 0 Å². The summed E-state index contributed by atoms with van der Waals surface area (Å²) in [6.07, 6.45) is 39.0. The number of carbonyl (C=O) groups is 1. The number of rotatable bonds is 43. The Balaban J connectivity index is 2.35. The Morgan fingerprint density at radius 3 is 1.61 bits per heavy atom. The van der Waals surface area contributed by atoms with Crippen molar-refractivity contribution in [1.29, 1.82) is 0 Å². The van der Waals surface area contributed by atoms with Gasteiger partial charge in [-0.3, -0.25) is 9.35 Å². The van der Waals surface area contributed by atoms with Crippen molar-refractivity contribution in [3.63, 3.8) is 0 Å². The van der Waals surface area contributed by atoms with Gasteiger partial charge in [0, 0.05) is 13.0 Å². The summed E-state index contributed by atoms with van der Waals surface area (Å²) in [5.74, 6) is -0.413. The van der Waals surface area contributed by atoms with Crippen molar-refractivity contribution >= 4 is 16.4 Å². The maximum atomic E-state index is 12.8. The van der Waals surface area contributed by atoms with Crippen molar-refractivity contribution < 1.29 is 56.2 Å². The third-order valence-electron chi connectivity index (χ3n) is 11.2. The van der Waals surface area contributed by atoms with Crippen LogP contribution in [-0.4, -0.2) is 97.5 Å². The van der Waals surface area contributed by atoms with E-state index in [0.29, 0.717) is 13.0 Å². The summed E-state index contributed by atoms with van der Waals surface area (Å²) in [6.45, 7) is 3.92. The van der Waals surface area contributed by atoms with E-state index >= 15 is 0 Å². The van der Waals surface area contributed by atoms with Crippen LogP contribution in [0.2, 0.25) is 0 Å². The molecule has 13 heteroatoms. The summed E-state index contributed by atoms with van der Waals surface area (Å²) >= 11 is 0. The molecule has 0 spiro atoms. The van der Waals surface area contributed by atoms with Crippen LogP contribution in [0.1, 0.15) is 206 Å². The highest BCUT2D eigenvalue weighted by Crippen LogP contribution is 2.26. The highest BCUT2D eigenvalue weighted by Gasteiger charge is 2.48. The van der Waals surface area contributed by atoms with Crippen LogP contribution in [0.3, 0.4) is 0 Å². The Hall–Kier alpha value is -1.68. The largest absolute Gasteiger partial charge is 0.457 e. The number of hydrogen-bond donors (Lipinski definition) is 4. The van der Waals surface area contributed by atoms with Gasteiger partial charge >= 0.3 is 16.4 Å². The molecule has 0 aromatic heterocycles. The molecule has 6 atom stereocenters. The van der Waals surface area contributed by atoms with Crippen LogP contribution in [0.5, 0.6) is 0 Å². The molecule has 12 nitrogen and oxygen atoms in total. The molecule has 1 saturated heterocycles. The smallest absolute Gasteiger partial charge is 0.397 e. The van der Waals surface area contributed by atoms with E-state index in [2.05, 4.69) is 54.5 Å². The molecule has 0 aromatic carbocycles. The van der Waals surface area contributed by atoms with Crippen molar-refractivity contribution in [2.75, 3.05) is 26.4 Å². The second-order valence-corrected chi connectivity index (χ2v) is 18.1. The normalized spacial score (nSPS) is 20.3. The van der Waals surface area contributed by atoms with Crippen LogP contribution >= 0.6 is 0 Å². The van der Waals surface area contributed by atoms with E-state index in [4.69, 9.17) is 18.9 Å². The Morgan fingerprint density at radius 1 is 0.613 bits per heavy atom. The first-order valence-corrected chi connectivity index (χ1v) is 26.1. The predicted molar refractivity (Wildman–Crippen MR) is 248 cm³/mol. The highest BCUT2D eigenvalue weighted by molar-refractivity contribution is 7.80. The molecule has 1 heterocycles. The van der Waals surface area contributed by atoms with E-state index in [1.165, 1.54) is 116 Å². The van der Waals surface area contributed by atoms with Gasteiger partial charge in [-0.2, -0.15) is 8.42 Å². The topological polar surface area (TPSA) is 178 Å². The van der Waals surface area contributed by atoms with Gasteiger partial charge in [0.1, 0.15) is 30.5 Å². The van der Waals surface area contributed by atoms with Gasteiger partial charge in [-0.15, -0.1) is 0 Å². The molecule has 0 amide bonds. The standard InChI is InChI=1S/C49H90O12S/c1-3-5-7-9-11-13-15-17-18-19-20-21-22-23-24-25-27-29-31-33-35-37-39-57-41-43(42-58-49-47(53)48(61-62(54,55)56)46(52)44(40-50)60-49)59-45(51)38-36-34-32-30-28-26-16-14-12-10-8-6-4-2/h8,10,14,16,19-20,43-44,46-50,52-53H,3-7,9,11-13,15,17-18,21-42H2,1-2H3,(H,54,55,56)/b10-8-,16-14-,20-19-. The van der Waals surface area contributed by atoms with Crippen LogP contribution in [-0.2, 0) is 38.3 Å². The number of aliphatic hydroxyl groups is 3. The summed E-state index contributed by atoms with van der Waals surface area (Å²) < 4.78 is 59.1. The van der Waals surface area contributed by atoms with E-state index in [0.717, 1.165) is 64.2 Å². The molecule has 0 saturated carbocycles. The number of ether oxygens (including phenoxy) is 4. The van der Waals surface area contributed by atoms with E-state index in [1.807, 2.05) is 0 Å². The number of aliphatic hydroxyl groups excluding tert-OH is 3. The molecule has 1 fully saturated rings. The molecule has 4 N–H and O–H groups in total. The van der Waals surface area contributed by atoms with Crippen LogP contribution in [0.25, 0.3) is 0 Å². The number of esters is 1. The molecule has 0 radical (unpaired) electrons. The second kappa shape index (κ2) is 40.8. The van der Waals surface area contributed by atoms with Gasteiger partial charge in [0.15, 0.2) is 6.29 Å². The lowest BCUT2D eigenvalue weighted by atomic mass is 9.99. The molecular formula is C49H90O12S. The number of unbranched alkanes of at least 4 members (excludes halogenated alkanes) is 24. The lowest BCUT2D eigenvalue weighted by molar-refractivity contribution is -0.301. The van der Waals surface area contributed by atoms with Gasteiger partial charge in [-0.05, 0) is 64.2 Å². The Kier molecular flexibility index (Phi) is 38.4. The maximum absolute atomic E-state index is 12.8. The van der Waals surface area contributed by atoms with Gasteiger partial charge < -0.3 is 34.3 Å². The van der Waals surface area contributed by atoms with E-state index < -0.39 is 59.8 Å². The van der Waals surface area contributed by atoms with E-state index in [9.17, 15) is 33.1 Å². The van der Waals surface area contributed by atoms with Gasteiger partial charge in [-0.1, -0.05) is 172 Å². The van der Waals surface area contributed by atoms with Gasteiger partial charge in [0.2, 0.25) is 0 Å². The summed E-state index contributed by atoms with van der Waals surface area (Å²) in [5, 5.41) is 30.7. The summed E-state index contributed by atoms with van der Waals surface area (Å²) in [6, 6.07) is 0. The van der Waals surface area contributed by atoms with Gasteiger partial charge in [-0.25, -0.2) is 4.18 Å².